The third-order valence-electron chi connectivity index (χ3n) is 3.07. The molecule has 2 nitrogen and oxygen atoms in total. The van der Waals surface area contributed by atoms with E-state index in [1.54, 1.807) is 0 Å². The number of likely N-dealkylation sites (tertiary alicyclic amines) is 1. The van der Waals surface area contributed by atoms with Crippen molar-refractivity contribution in [3.63, 3.8) is 0 Å². The molecule has 1 saturated heterocycles. The summed E-state index contributed by atoms with van der Waals surface area (Å²) in [4.78, 5) is 2.40. The second-order valence-corrected chi connectivity index (χ2v) is 5.41. The Hall–Kier alpha value is 0.400. The second kappa shape index (κ2) is 5.47. The number of halogens is 1. The van der Waals surface area contributed by atoms with Crippen LogP contribution in [-0.2, 0) is 0 Å². The molecular weight excluding hydrogens is 242 g/mol. The van der Waals surface area contributed by atoms with Gasteiger partial charge in [-0.15, -0.1) is 0 Å². The van der Waals surface area contributed by atoms with Crippen molar-refractivity contribution in [3.8, 4) is 0 Å². The number of hydrogen-bond acceptors (Lipinski definition) is 2. The first kappa shape index (κ1) is 12.5. The van der Waals surface area contributed by atoms with Gasteiger partial charge in [-0.3, -0.25) is 0 Å². The van der Waals surface area contributed by atoms with Gasteiger partial charge < -0.3 is 10.0 Å². The maximum atomic E-state index is 9.95. The molecule has 14 heavy (non-hydrogen) atoms. The molecule has 0 aromatic rings. The molecule has 2 unspecified atom stereocenters. The summed E-state index contributed by atoms with van der Waals surface area (Å²) in [5.74, 6) is 0.726. The topological polar surface area (TPSA) is 23.5 Å². The van der Waals surface area contributed by atoms with Gasteiger partial charge in [0.2, 0.25) is 0 Å². The molecule has 1 N–H and O–H groups in total. The predicted octanol–water partition coefficient (Wildman–Crippen LogP) is 2.25. The van der Waals surface area contributed by atoms with E-state index in [1.807, 2.05) is 6.92 Å². The molecule has 2 atom stereocenters. The molecule has 0 saturated carbocycles. The molecule has 1 fully saturated rings. The van der Waals surface area contributed by atoms with Gasteiger partial charge in [0.05, 0.1) is 5.60 Å². The van der Waals surface area contributed by atoms with E-state index < -0.39 is 5.60 Å². The number of piperidine rings is 1. The van der Waals surface area contributed by atoms with Gasteiger partial charge in [0.25, 0.3) is 0 Å². The number of alkyl halides is 1. The van der Waals surface area contributed by atoms with E-state index in [1.165, 1.54) is 6.42 Å². The summed E-state index contributed by atoms with van der Waals surface area (Å²) in [7, 11) is 0. The van der Waals surface area contributed by atoms with E-state index in [0.717, 1.165) is 43.7 Å². The fourth-order valence-electron chi connectivity index (χ4n) is 2.13. The van der Waals surface area contributed by atoms with Gasteiger partial charge >= 0.3 is 0 Å². The normalized spacial score (nSPS) is 31.7. The molecule has 1 aliphatic heterocycles. The van der Waals surface area contributed by atoms with Gasteiger partial charge in [-0.05, 0) is 32.2 Å². The van der Waals surface area contributed by atoms with Crippen LogP contribution in [0.5, 0.6) is 0 Å². The lowest BCUT2D eigenvalue weighted by Gasteiger charge is -2.38. The van der Waals surface area contributed by atoms with Crippen LogP contribution in [0.15, 0.2) is 0 Å². The van der Waals surface area contributed by atoms with Gasteiger partial charge in [-0.2, -0.15) is 0 Å². The van der Waals surface area contributed by atoms with Gasteiger partial charge in [-0.25, -0.2) is 0 Å². The number of aliphatic hydroxyl groups is 1. The number of rotatable bonds is 4. The molecule has 1 rings (SSSR count). The maximum absolute atomic E-state index is 9.95. The summed E-state index contributed by atoms with van der Waals surface area (Å²) >= 11 is 3.54. The average molecular weight is 264 g/mol. The molecule has 0 aromatic heterocycles. The first-order valence-electron chi connectivity index (χ1n) is 5.58. The Morgan fingerprint density at radius 1 is 1.57 bits per heavy atom. The minimum absolute atomic E-state index is 0.456. The Bertz CT molecular complexity index is 169. The smallest absolute Gasteiger partial charge is 0.0746 e. The Balaban J connectivity index is 2.37. The summed E-state index contributed by atoms with van der Waals surface area (Å²) in [6.45, 7) is 7.30. The lowest BCUT2D eigenvalue weighted by atomic mass is 9.94. The largest absolute Gasteiger partial charge is 0.389 e. The molecule has 0 aliphatic carbocycles. The molecule has 84 valence electrons. The molecule has 1 heterocycles. The third kappa shape index (κ3) is 3.87. The van der Waals surface area contributed by atoms with E-state index in [2.05, 4.69) is 27.8 Å². The van der Waals surface area contributed by atoms with Crippen LogP contribution in [-0.4, -0.2) is 40.6 Å². The van der Waals surface area contributed by atoms with Gasteiger partial charge in [-0.1, -0.05) is 29.3 Å². The second-order valence-electron chi connectivity index (χ2n) is 4.76. The van der Waals surface area contributed by atoms with Crippen LogP contribution < -0.4 is 0 Å². The minimum atomic E-state index is -0.456. The predicted molar refractivity (Wildman–Crippen MR) is 63.9 cm³/mol. The molecule has 0 radical (unpaired) electrons. The van der Waals surface area contributed by atoms with E-state index in [4.69, 9.17) is 0 Å². The first-order chi connectivity index (χ1) is 6.57. The molecule has 0 aromatic carbocycles. The highest BCUT2D eigenvalue weighted by molar-refractivity contribution is 9.09. The van der Waals surface area contributed by atoms with Gasteiger partial charge in [0.1, 0.15) is 0 Å². The molecule has 3 heteroatoms. The summed E-state index contributed by atoms with van der Waals surface area (Å²) < 4.78 is 0. The number of nitrogens with zero attached hydrogens (tertiary/aromatic N) is 1. The SMILES string of the molecule is CCC(CBr)CN1CCCC(C)(O)C1. The molecule has 0 spiro atoms. The lowest BCUT2D eigenvalue weighted by Crippen LogP contribution is -2.47. The van der Waals surface area contributed by atoms with Crippen LogP contribution in [0.25, 0.3) is 0 Å². The zero-order valence-electron chi connectivity index (χ0n) is 9.30. The van der Waals surface area contributed by atoms with E-state index >= 15 is 0 Å². The van der Waals surface area contributed by atoms with Crippen molar-refractivity contribution in [3.05, 3.63) is 0 Å². The third-order valence-corrected chi connectivity index (χ3v) is 3.98. The molecule has 1 aliphatic rings. The zero-order chi connectivity index (χ0) is 10.6. The number of hydrogen-bond donors (Lipinski definition) is 1. The van der Waals surface area contributed by atoms with Crippen molar-refractivity contribution in [1.82, 2.24) is 4.90 Å². The Kier molecular flexibility index (Phi) is 4.88. The van der Waals surface area contributed by atoms with Crippen LogP contribution in [0, 0.1) is 5.92 Å². The van der Waals surface area contributed by atoms with Gasteiger partial charge in [0.15, 0.2) is 0 Å². The summed E-state index contributed by atoms with van der Waals surface area (Å²) in [6, 6.07) is 0. The van der Waals surface area contributed by atoms with E-state index in [-0.39, 0.29) is 0 Å². The Labute approximate surface area is 95.8 Å². The van der Waals surface area contributed by atoms with Crippen LogP contribution in [0.3, 0.4) is 0 Å². The molecular formula is C11H22BrNO. The van der Waals surface area contributed by atoms with Crippen molar-refractivity contribution in [1.29, 1.82) is 0 Å². The van der Waals surface area contributed by atoms with Gasteiger partial charge in [0, 0.05) is 18.4 Å². The monoisotopic (exact) mass is 263 g/mol. The van der Waals surface area contributed by atoms with Crippen LogP contribution >= 0.6 is 15.9 Å². The molecule has 0 amide bonds. The standard InChI is InChI=1S/C11H22BrNO/c1-3-10(7-12)8-13-6-4-5-11(2,14)9-13/h10,14H,3-9H2,1-2H3. The quantitative estimate of drug-likeness (QED) is 0.787. The van der Waals surface area contributed by atoms with Crippen molar-refractivity contribution in [2.75, 3.05) is 25.0 Å². The molecule has 0 bridgehead atoms. The highest BCUT2D eigenvalue weighted by atomic mass is 79.9. The number of β-amino-alcohol motifs (C(OH)–C–C–N with tert-alkyl or cyclic N) is 1. The van der Waals surface area contributed by atoms with Crippen molar-refractivity contribution >= 4 is 15.9 Å². The average Bonchev–Trinajstić information content (AvgIpc) is 2.12. The fourth-order valence-corrected chi connectivity index (χ4v) is 2.79. The minimum Gasteiger partial charge on any atom is -0.389 e. The first-order valence-corrected chi connectivity index (χ1v) is 6.70. The Morgan fingerprint density at radius 2 is 2.29 bits per heavy atom. The highest BCUT2D eigenvalue weighted by Crippen LogP contribution is 2.21. The van der Waals surface area contributed by atoms with E-state index in [0.29, 0.717) is 0 Å². The van der Waals surface area contributed by atoms with Crippen molar-refractivity contribution in [2.24, 2.45) is 5.92 Å². The summed E-state index contributed by atoms with van der Waals surface area (Å²) in [5.41, 5.74) is -0.456. The van der Waals surface area contributed by atoms with Crippen LogP contribution in [0.4, 0.5) is 0 Å². The van der Waals surface area contributed by atoms with E-state index in [9.17, 15) is 5.11 Å². The van der Waals surface area contributed by atoms with Crippen LogP contribution in [0.2, 0.25) is 0 Å². The zero-order valence-corrected chi connectivity index (χ0v) is 10.9. The maximum Gasteiger partial charge on any atom is 0.0746 e. The fraction of sp³-hybridized carbons (Fsp3) is 1.00. The van der Waals surface area contributed by atoms with Crippen LogP contribution in [0.1, 0.15) is 33.1 Å². The van der Waals surface area contributed by atoms with Crippen molar-refractivity contribution < 1.29 is 5.11 Å². The lowest BCUT2D eigenvalue weighted by molar-refractivity contribution is -0.0190. The highest BCUT2D eigenvalue weighted by Gasteiger charge is 2.28. The summed E-state index contributed by atoms with van der Waals surface area (Å²) in [6.07, 6.45) is 3.30. The van der Waals surface area contributed by atoms with Crippen molar-refractivity contribution in [2.45, 2.75) is 38.7 Å². The Morgan fingerprint density at radius 3 is 2.79 bits per heavy atom. The summed E-state index contributed by atoms with van der Waals surface area (Å²) in [5, 5.41) is 11.0.